The number of rotatable bonds is 6. The average Bonchev–Trinajstić information content (AvgIpc) is 2.77. The molecule has 0 saturated carbocycles. The lowest BCUT2D eigenvalue weighted by molar-refractivity contribution is 0.218. The molecule has 0 bridgehead atoms. The molecule has 1 aliphatic heterocycles. The molecule has 0 aliphatic carbocycles. The zero-order valence-electron chi connectivity index (χ0n) is 11.1. The van der Waals surface area contributed by atoms with Gasteiger partial charge >= 0.3 is 0 Å². The van der Waals surface area contributed by atoms with Gasteiger partial charge in [0.2, 0.25) is 0 Å². The molecule has 2 rings (SSSR count). The van der Waals surface area contributed by atoms with Crippen LogP contribution in [0, 0.1) is 0 Å². The van der Waals surface area contributed by atoms with Crippen LogP contribution in [0.2, 0.25) is 0 Å². The maximum Gasteiger partial charge on any atom is 0.0339 e. The molecule has 1 atom stereocenters. The lowest BCUT2D eigenvalue weighted by atomic mass is 10.0. The Morgan fingerprint density at radius 3 is 3.00 bits per heavy atom. The first-order chi connectivity index (χ1) is 8.79. The Kier molecular flexibility index (Phi) is 6.15. The Morgan fingerprint density at radius 2 is 2.39 bits per heavy atom. The summed E-state index contributed by atoms with van der Waals surface area (Å²) in [5.41, 5.74) is 0. The third kappa shape index (κ3) is 4.34. The summed E-state index contributed by atoms with van der Waals surface area (Å²) in [6.45, 7) is 6.95. The molecule has 2 nitrogen and oxygen atoms in total. The van der Waals surface area contributed by atoms with Gasteiger partial charge in [-0.2, -0.15) is 0 Å². The van der Waals surface area contributed by atoms with E-state index in [2.05, 4.69) is 44.5 Å². The molecule has 2 heterocycles. The van der Waals surface area contributed by atoms with E-state index in [4.69, 9.17) is 0 Å². The fraction of sp³-hybridized carbons (Fsp3) is 0.714. The Labute approximate surface area is 123 Å². The quantitative estimate of drug-likeness (QED) is 0.851. The van der Waals surface area contributed by atoms with E-state index in [1.165, 1.54) is 54.7 Å². The minimum atomic E-state index is 0.698. The summed E-state index contributed by atoms with van der Waals surface area (Å²) in [6, 6.07) is 2.85. The first kappa shape index (κ1) is 14.5. The summed E-state index contributed by atoms with van der Waals surface area (Å²) >= 11 is 5.50. The zero-order chi connectivity index (χ0) is 12.8. The monoisotopic (exact) mass is 330 g/mol. The maximum atomic E-state index is 3.65. The molecule has 1 saturated heterocycles. The van der Waals surface area contributed by atoms with Crippen LogP contribution >= 0.6 is 27.3 Å². The van der Waals surface area contributed by atoms with Crippen LogP contribution in [-0.2, 0) is 6.54 Å². The highest BCUT2D eigenvalue weighted by atomic mass is 79.9. The van der Waals surface area contributed by atoms with Crippen LogP contribution in [0.15, 0.2) is 15.9 Å². The Morgan fingerprint density at radius 1 is 1.50 bits per heavy atom. The molecule has 0 aromatic carbocycles. The van der Waals surface area contributed by atoms with Crippen LogP contribution in [0.1, 0.15) is 37.5 Å². The van der Waals surface area contributed by atoms with Gasteiger partial charge in [-0.05, 0) is 59.7 Å². The van der Waals surface area contributed by atoms with Gasteiger partial charge in [-0.15, -0.1) is 11.3 Å². The van der Waals surface area contributed by atoms with Crippen molar-refractivity contribution in [3.8, 4) is 0 Å². The second-order valence-corrected chi connectivity index (χ2v) is 6.93. The van der Waals surface area contributed by atoms with Crippen molar-refractivity contribution < 1.29 is 0 Å². The smallest absolute Gasteiger partial charge is 0.0339 e. The summed E-state index contributed by atoms with van der Waals surface area (Å²) in [4.78, 5) is 4.05. The standard InChI is InChI=1S/C14H23BrN2S/c1-2-8-17(10-12-5-3-4-7-16-12)11-14-13(15)6-9-18-14/h6,9,12,16H,2-5,7-8,10-11H2,1H3. The molecule has 0 radical (unpaired) electrons. The molecule has 1 fully saturated rings. The lowest BCUT2D eigenvalue weighted by Crippen LogP contribution is -2.43. The molecule has 1 aromatic heterocycles. The minimum Gasteiger partial charge on any atom is -0.313 e. The zero-order valence-corrected chi connectivity index (χ0v) is 13.5. The summed E-state index contributed by atoms with van der Waals surface area (Å²) < 4.78 is 1.27. The summed E-state index contributed by atoms with van der Waals surface area (Å²) in [5, 5.41) is 5.82. The minimum absolute atomic E-state index is 0.698. The largest absolute Gasteiger partial charge is 0.313 e. The number of nitrogens with one attached hydrogen (secondary N) is 1. The molecule has 1 aromatic rings. The first-order valence-electron chi connectivity index (χ1n) is 6.97. The van der Waals surface area contributed by atoms with Gasteiger partial charge in [-0.25, -0.2) is 0 Å². The van der Waals surface area contributed by atoms with Crippen LogP contribution in [0.3, 0.4) is 0 Å². The average molecular weight is 331 g/mol. The molecular weight excluding hydrogens is 308 g/mol. The van der Waals surface area contributed by atoms with Gasteiger partial charge in [0.1, 0.15) is 0 Å². The third-order valence-corrected chi connectivity index (χ3v) is 5.40. The molecule has 0 amide bonds. The molecule has 102 valence electrons. The Hall–Kier alpha value is 0.1000. The van der Waals surface area contributed by atoms with Crippen molar-refractivity contribution in [1.82, 2.24) is 10.2 Å². The third-order valence-electron chi connectivity index (χ3n) is 3.49. The SMILES string of the molecule is CCCN(Cc1sccc1Br)CC1CCCCN1. The van der Waals surface area contributed by atoms with Crippen molar-refractivity contribution in [3.05, 3.63) is 20.8 Å². The maximum absolute atomic E-state index is 3.65. The van der Waals surface area contributed by atoms with E-state index in [0.717, 1.165) is 6.54 Å². The molecule has 4 heteroatoms. The molecule has 1 N–H and O–H groups in total. The predicted molar refractivity (Wildman–Crippen MR) is 83.2 cm³/mol. The van der Waals surface area contributed by atoms with Gasteiger partial charge in [0.15, 0.2) is 0 Å². The van der Waals surface area contributed by atoms with E-state index in [0.29, 0.717) is 6.04 Å². The normalized spacial score (nSPS) is 20.5. The highest BCUT2D eigenvalue weighted by molar-refractivity contribution is 9.10. The van der Waals surface area contributed by atoms with Crippen LogP contribution in [0.5, 0.6) is 0 Å². The number of halogens is 1. The fourth-order valence-electron chi connectivity index (χ4n) is 2.58. The van der Waals surface area contributed by atoms with E-state index in [1.807, 2.05) is 11.3 Å². The highest BCUT2D eigenvalue weighted by Gasteiger charge is 2.17. The van der Waals surface area contributed by atoms with Gasteiger partial charge in [-0.3, -0.25) is 4.90 Å². The van der Waals surface area contributed by atoms with Gasteiger partial charge in [-0.1, -0.05) is 13.3 Å². The van der Waals surface area contributed by atoms with Crippen molar-refractivity contribution in [3.63, 3.8) is 0 Å². The van der Waals surface area contributed by atoms with Crippen LogP contribution in [0.25, 0.3) is 0 Å². The van der Waals surface area contributed by atoms with Crippen LogP contribution in [-0.4, -0.2) is 30.6 Å². The van der Waals surface area contributed by atoms with Crippen LogP contribution < -0.4 is 5.32 Å². The number of hydrogen-bond donors (Lipinski definition) is 1. The predicted octanol–water partition coefficient (Wildman–Crippen LogP) is 3.86. The fourth-order valence-corrected chi connectivity index (χ4v) is 4.10. The highest BCUT2D eigenvalue weighted by Crippen LogP contribution is 2.24. The van der Waals surface area contributed by atoms with Gasteiger partial charge in [0.25, 0.3) is 0 Å². The van der Waals surface area contributed by atoms with E-state index >= 15 is 0 Å². The molecule has 1 unspecified atom stereocenters. The van der Waals surface area contributed by atoms with Gasteiger partial charge < -0.3 is 5.32 Å². The van der Waals surface area contributed by atoms with Crippen molar-refractivity contribution in [1.29, 1.82) is 0 Å². The van der Waals surface area contributed by atoms with E-state index < -0.39 is 0 Å². The topological polar surface area (TPSA) is 15.3 Å². The van der Waals surface area contributed by atoms with Crippen molar-refractivity contribution >= 4 is 27.3 Å². The summed E-state index contributed by atoms with van der Waals surface area (Å²) in [5.74, 6) is 0. The summed E-state index contributed by atoms with van der Waals surface area (Å²) in [6.07, 6.45) is 5.31. The number of piperidine rings is 1. The molecular formula is C14H23BrN2S. The number of nitrogens with zero attached hydrogens (tertiary/aromatic N) is 1. The molecule has 18 heavy (non-hydrogen) atoms. The van der Waals surface area contributed by atoms with Crippen molar-refractivity contribution in [2.75, 3.05) is 19.6 Å². The Bertz CT molecular complexity index is 347. The van der Waals surface area contributed by atoms with E-state index in [9.17, 15) is 0 Å². The van der Waals surface area contributed by atoms with Crippen LogP contribution in [0.4, 0.5) is 0 Å². The van der Waals surface area contributed by atoms with E-state index in [1.54, 1.807) is 0 Å². The lowest BCUT2D eigenvalue weighted by Gasteiger charge is -2.30. The van der Waals surface area contributed by atoms with E-state index in [-0.39, 0.29) is 0 Å². The van der Waals surface area contributed by atoms with Gasteiger partial charge in [0.05, 0.1) is 0 Å². The van der Waals surface area contributed by atoms with Crippen molar-refractivity contribution in [2.24, 2.45) is 0 Å². The molecule has 0 spiro atoms. The number of hydrogen-bond acceptors (Lipinski definition) is 3. The van der Waals surface area contributed by atoms with Crippen molar-refractivity contribution in [2.45, 2.75) is 45.2 Å². The van der Waals surface area contributed by atoms with Gasteiger partial charge in [0, 0.05) is 28.5 Å². The first-order valence-corrected chi connectivity index (χ1v) is 8.64. The number of thiophene rings is 1. The summed E-state index contributed by atoms with van der Waals surface area (Å²) in [7, 11) is 0. The second-order valence-electron chi connectivity index (χ2n) is 5.07. The Balaban J connectivity index is 1.88. The second kappa shape index (κ2) is 7.63. The molecule has 1 aliphatic rings.